The highest BCUT2D eigenvalue weighted by Crippen LogP contribution is 2.09. The summed E-state index contributed by atoms with van der Waals surface area (Å²) in [5.74, 6) is 0. The molecular weight excluding hydrogens is 126 g/mol. The molecule has 0 fully saturated rings. The van der Waals surface area contributed by atoms with E-state index < -0.39 is 0 Å². The van der Waals surface area contributed by atoms with E-state index in [-0.39, 0.29) is 0 Å². The van der Waals surface area contributed by atoms with Crippen molar-refractivity contribution in [2.24, 2.45) is 0 Å². The summed E-state index contributed by atoms with van der Waals surface area (Å²) in [5.41, 5.74) is 1.44. The number of carbonyl (C=O) groups is 1. The summed E-state index contributed by atoms with van der Waals surface area (Å²) in [6.45, 7) is 2.05. The summed E-state index contributed by atoms with van der Waals surface area (Å²) in [6, 6.07) is 0. The van der Waals surface area contributed by atoms with Crippen molar-refractivity contribution < 1.29 is 4.79 Å². The van der Waals surface area contributed by atoms with Crippen LogP contribution in [0.1, 0.15) is 19.3 Å². The van der Waals surface area contributed by atoms with Gasteiger partial charge in [-0.3, -0.25) is 0 Å². The monoisotopic (exact) mass is 139 g/mol. The molecule has 56 valence electrons. The summed E-state index contributed by atoms with van der Waals surface area (Å²) in [5, 5.41) is 3.23. The third-order valence-electron chi connectivity index (χ3n) is 1.74. The Balaban J connectivity index is 2.24. The van der Waals surface area contributed by atoms with E-state index in [4.69, 9.17) is 0 Å². The van der Waals surface area contributed by atoms with Crippen LogP contribution in [-0.2, 0) is 4.79 Å². The van der Waals surface area contributed by atoms with Gasteiger partial charge in [0.25, 0.3) is 0 Å². The molecule has 0 atom stereocenters. The second-order valence-corrected chi connectivity index (χ2v) is 2.52. The zero-order chi connectivity index (χ0) is 7.23. The van der Waals surface area contributed by atoms with Crippen molar-refractivity contribution >= 4 is 6.29 Å². The highest BCUT2D eigenvalue weighted by molar-refractivity contribution is 5.49. The van der Waals surface area contributed by atoms with E-state index in [1.165, 1.54) is 5.57 Å². The maximum atomic E-state index is 10.0. The summed E-state index contributed by atoms with van der Waals surface area (Å²) in [6.07, 6.45) is 5.95. The standard InChI is InChI=1S/C8H13NO/c10-7-1-2-8-3-5-9-6-4-8/h3,7,9H,1-2,4-6H2. The molecule has 1 heterocycles. The Morgan fingerprint density at radius 3 is 3.20 bits per heavy atom. The van der Waals surface area contributed by atoms with E-state index in [1.807, 2.05) is 0 Å². The Kier molecular flexibility index (Phi) is 3.16. The molecule has 0 amide bonds. The molecule has 1 aliphatic rings. The van der Waals surface area contributed by atoms with Crippen molar-refractivity contribution in [2.75, 3.05) is 13.1 Å². The molecule has 1 aliphatic heterocycles. The van der Waals surface area contributed by atoms with E-state index in [9.17, 15) is 4.79 Å². The van der Waals surface area contributed by atoms with Gasteiger partial charge in [0.2, 0.25) is 0 Å². The molecule has 1 rings (SSSR count). The smallest absolute Gasteiger partial charge is 0.120 e. The third-order valence-corrected chi connectivity index (χ3v) is 1.74. The van der Waals surface area contributed by atoms with Crippen LogP contribution < -0.4 is 5.32 Å². The summed E-state index contributed by atoms with van der Waals surface area (Å²) in [7, 11) is 0. The molecule has 0 aromatic carbocycles. The summed E-state index contributed by atoms with van der Waals surface area (Å²) in [4.78, 5) is 10.0. The van der Waals surface area contributed by atoms with Crippen LogP contribution in [0, 0.1) is 0 Å². The van der Waals surface area contributed by atoms with Crippen LogP contribution in [0.3, 0.4) is 0 Å². The van der Waals surface area contributed by atoms with Gasteiger partial charge >= 0.3 is 0 Å². The van der Waals surface area contributed by atoms with E-state index in [1.54, 1.807) is 0 Å². The normalized spacial score (nSPS) is 18.2. The van der Waals surface area contributed by atoms with E-state index in [2.05, 4.69) is 11.4 Å². The van der Waals surface area contributed by atoms with Crippen LogP contribution in [0.25, 0.3) is 0 Å². The maximum Gasteiger partial charge on any atom is 0.120 e. The lowest BCUT2D eigenvalue weighted by Gasteiger charge is -2.11. The van der Waals surface area contributed by atoms with Gasteiger partial charge in [0.05, 0.1) is 0 Å². The Morgan fingerprint density at radius 1 is 1.70 bits per heavy atom. The fourth-order valence-electron chi connectivity index (χ4n) is 1.14. The Hall–Kier alpha value is -0.630. The Bertz CT molecular complexity index is 140. The van der Waals surface area contributed by atoms with E-state index >= 15 is 0 Å². The third kappa shape index (κ3) is 2.31. The van der Waals surface area contributed by atoms with Crippen LogP contribution in [0.2, 0.25) is 0 Å². The zero-order valence-corrected chi connectivity index (χ0v) is 6.10. The predicted molar refractivity (Wildman–Crippen MR) is 40.9 cm³/mol. The van der Waals surface area contributed by atoms with Crippen molar-refractivity contribution in [3.05, 3.63) is 11.6 Å². The van der Waals surface area contributed by atoms with Crippen molar-refractivity contribution in [1.82, 2.24) is 5.32 Å². The van der Waals surface area contributed by atoms with E-state index in [0.29, 0.717) is 6.42 Å². The van der Waals surface area contributed by atoms with Gasteiger partial charge in [0.15, 0.2) is 0 Å². The van der Waals surface area contributed by atoms with Gasteiger partial charge in [-0.25, -0.2) is 0 Å². The predicted octanol–water partition coefficient (Wildman–Crippen LogP) is 0.885. The molecule has 0 aliphatic carbocycles. The highest BCUT2D eigenvalue weighted by Gasteiger charge is 2.00. The number of aldehydes is 1. The van der Waals surface area contributed by atoms with Gasteiger partial charge in [0.1, 0.15) is 6.29 Å². The first-order valence-electron chi connectivity index (χ1n) is 3.76. The number of hydrogen-bond acceptors (Lipinski definition) is 2. The fraction of sp³-hybridized carbons (Fsp3) is 0.625. The first-order valence-corrected chi connectivity index (χ1v) is 3.76. The average molecular weight is 139 g/mol. The molecule has 2 heteroatoms. The van der Waals surface area contributed by atoms with Crippen LogP contribution in [0.4, 0.5) is 0 Å². The Morgan fingerprint density at radius 2 is 2.60 bits per heavy atom. The minimum atomic E-state index is 0.686. The molecule has 0 radical (unpaired) electrons. The Labute approximate surface area is 61.3 Å². The molecule has 0 bridgehead atoms. The molecule has 0 spiro atoms. The molecule has 0 unspecified atom stereocenters. The van der Waals surface area contributed by atoms with Crippen LogP contribution in [0.15, 0.2) is 11.6 Å². The SMILES string of the molecule is O=CCCC1=CCNCC1. The number of nitrogens with one attached hydrogen (secondary N) is 1. The molecule has 0 saturated carbocycles. The average Bonchev–Trinajstić information content (AvgIpc) is 2.03. The van der Waals surface area contributed by atoms with Gasteiger partial charge in [-0.2, -0.15) is 0 Å². The second-order valence-electron chi connectivity index (χ2n) is 2.52. The highest BCUT2D eigenvalue weighted by atomic mass is 16.1. The fourth-order valence-corrected chi connectivity index (χ4v) is 1.14. The van der Waals surface area contributed by atoms with Gasteiger partial charge in [-0.1, -0.05) is 11.6 Å². The van der Waals surface area contributed by atoms with Crippen molar-refractivity contribution in [1.29, 1.82) is 0 Å². The molecule has 2 nitrogen and oxygen atoms in total. The van der Waals surface area contributed by atoms with Crippen LogP contribution in [0.5, 0.6) is 0 Å². The molecule has 10 heavy (non-hydrogen) atoms. The van der Waals surface area contributed by atoms with Crippen LogP contribution in [-0.4, -0.2) is 19.4 Å². The number of rotatable bonds is 3. The number of hydrogen-bond donors (Lipinski definition) is 1. The van der Waals surface area contributed by atoms with Gasteiger partial charge in [0, 0.05) is 13.0 Å². The topological polar surface area (TPSA) is 29.1 Å². The van der Waals surface area contributed by atoms with Crippen molar-refractivity contribution in [2.45, 2.75) is 19.3 Å². The molecule has 1 N–H and O–H groups in total. The minimum Gasteiger partial charge on any atom is -0.313 e. The lowest BCUT2D eigenvalue weighted by molar-refractivity contribution is -0.107. The second kappa shape index (κ2) is 4.23. The maximum absolute atomic E-state index is 10.0. The lowest BCUT2D eigenvalue weighted by Crippen LogP contribution is -2.20. The molecular formula is C8H13NO. The zero-order valence-electron chi connectivity index (χ0n) is 6.10. The minimum absolute atomic E-state index is 0.686. The van der Waals surface area contributed by atoms with Gasteiger partial charge in [-0.15, -0.1) is 0 Å². The largest absolute Gasteiger partial charge is 0.313 e. The van der Waals surface area contributed by atoms with Gasteiger partial charge < -0.3 is 10.1 Å². The lowest BCUT2D eigenvalue weighted by atomic mass is 10.0. The van der Waals surface area contributed by atoms with Crippen molar-refractivity contribution in [3.8, 4) is 0 Å². The van der Waals surface area contributed by atoms with Crippen molar-refractivity contribution in [3.63, 3.8) is 0 Å². The quantitative estimate of drug-likeness (QED) is 0.464. The van der Waals surface area contributed by atoms with E-state index in [0.717, 1.165) is 32.2 Å². The summed E-state index contributed by atoms with van der Waals surface area (Å²) < 4.78 is 0. The summed E-state index contributed by atoms with van der Waals surface area (Å²) >= 11 is 0. The first-order chi connectivity index (χ1) is 4.93. The molecule has 0 saturated heterocycles. The molecule has 0 aromatic rings. The number of carbonyl (C=O) groups excluding carboxylic acids is 1. The first kappa shape index (κ1) is 7.48. The van der Waals surface area contributed by atoms with Crippen LogP contribution >= 0.6 is 0 Å². The molecule has 0 aromatic heterocycles. The van der Waals surface area contributed by atoms with Gasteiger partial charge in [-0.05, 0) is 19.4 Å².